The summed E-state index contributed by atoms with van der Waals surface area (Å²) in [5.41, 5.74) is 7.68. The van der Waals surface area contributed by atoms with Gasteiger partial charge in [-0.1, -0.05) is 30.3 Å². The number of hydrazine groups is 1. The fourth-order valence-corrected chi connectivity index (χ4v) is 2.04. The van der Waals surface area contributed by atoms with Gasteiger partial charge in [-0.25, -0.2) is 10.2 Å². The van der Waals surface area contributed by atoms with Crippen LogP contribution in [0.25, 0.3) is 0 Å². The van der Waals surface area contributed by atoms with Crippen molar-refractivity contribution in [2.24, 2.45) is 0 Å². The van der Waals surface area contributed by atoms with Crippen LogP contribution >= 0.6 is 0 Å². The molecule has 0 saturated heterocycles. The second-order valence-corrected chi connectivity index (χ2v) is 5.03. The van der Waals surface area contributed by atoms with Crippen LogP contribution in [0, 0.1) is 0 Å². The number of ether oxygens (including phenoxy) is 1. The van der Waals surface area contributed by atoms with Gasteiger partial charge >= 0.3 is 5.97 Å². The maximum Gasteiger partial charge on any atom is 0.338 e. The zero-order valence-electron chi connectivity index (χ0n) is 13.2. The number of hydrogen-bond acceptors (Lipinski definition) is 4. The Morgan fingerprint density at radius 3 is 2.26 bits per heavy atom. The topological polar surface area (TPSA) is 67.4 Å². The van der Waals surface area contributed by atoms with Crippen LogP contribution in [0.1, 0.15) is 46.2 Å². The molecule has 2 aromatic rings. The molecule has 120 valence electrons. The van der Waals surface area contributed by atoms with Crippen molar-refractivity contribution in [2.45, 2.75) is 19.9 Å². The normalized spacial score (nSPS) is 11.6. The smallest absolute Gasteiger partial charge is 0.338 e. The van der Waals surface area contributed by atoms with E-state index in [1.165, 1.54) is 0 Å². The molecule has 0 heterocycles. The molecule has 1 amide bonds. The standard InChI is InChI=1S/C18H20N2O3/c1-3-23-18(22)16-11-9-14(10-12-16)13(2)19-20-17(21)15-7-5-4-6-8-15/h4-13,19H,3H2,1-2H3,(H,20,21). The van der Waals surface area contributed by atoms with E-state index in [1.807, 2.05) is 37.3 Å². The van der Waals surface area contributed by atoms with Crippen LogP contribution in [-0.2, 0) is 4.74 Å². The second-order valence-electron chi connectivity index (χ2n) is 5.03. The minimum absolute atomic E-state index is 0.0982. The van der Waals surface area contributed by atoms with Gasteiger partial charge in [0.2, 0.25) is 0 Å². The summed E-state index contributed by atoms with van der Waals surface area (Å²) in [7, 11) is 0. The Hall–Kier alpha value is -2.66. The van der Waals surface area contributed by atoms with E-state index in [2.05, 4.69) is 10.9 Å². The second kappa shape index (κ2) is 8.10. The summed E-state index contributed by atoms with van der Waals surface area (Å²) in [6.45, 7) is 4.04. The third-order valence-electron chi connectivity index (χ3n) is 3.36. The van der Waals surface area contributed by atoms with Gasteiger partial charge in [-0.3, -0.25) is 10.2 Å². The van der Waals surface area contributed by atoms with Crippen molar-refractivity contribution in [3.8, 4) is 0 Å². The monoisotopic (exact) mass is 312 g/mol. The Bertz CT molecular complexity index is 654. The maximum atomic E-state index is 12.0. The van der Waals surface area contributed by atoms with Crippen molar-refractivity contribution >= 4 is 11.9 Å². The molecule has 0 saturated carbocycles. The summed E-state index contributed by atoms with van der Waals surface area (Å²) >= 11 is 0. The van der Waals surface area contributed by atoms with E-state index in [-0.39, 0.29) is 17.9 Å². The Kier molecular flexibility index (Phi) is 5.88. The van der Waals surface area contributed by atoms with Gasteiger partial charge in [0.05, 0.1) is 12.2 Å². The van der Waals surface area contributed by atoms with E-state index >= 15 is 0 Å². The van der Waals surface area contributed by atoms with E-state index in [1.54, 1.807) is 31.2 Å². The third-order valence-corrected chi connectivity index (χ3v) is 3.36. The number of amides is 1. The average Bonchev–Trinajstić information content (AvgIpc) is 2.60. The SMILES string of the molecule is CCOC(=O)c1ccc(C(C)NNC(=O)c2ccccc2)cc1. The fraction of sp³-hybridized carbons (Fsp3) is 0.222. The summed E-state index contributed by atoms with van der Waals surface area (Å²) in [5.74, 6) is -0.530. The first kappa shape index (κ1) is 16.7. The molecule has 0 spiro atoms. The molecule has 0 aliphatic heterocycles. The molecule has 5 nitrogen and oxygen atoms in total. The largest absolute Gasteiger partial charge is 0.462 e. The van der Waals surface area contributed by atoms with Gasteiger partial charge in [-0.15, -0.1) is 0 Å². The number of rotatable bonds is 6. The lowest BCUT2D eigenvalue weighted by Gasteiger charge is -2.15. The molecule has 23 heavy (non-hydrogen) atoms. The number of esters is 1. The number of carbonyl (C=O) groups excluding carboxylic acids is 2. The lowest BCUT2D eigenvalue weighted by Crippen LogP contribution is -2.39. The van der Waals surface area contributed by atoms with Gasteiger partial charge in [0, 0.05) is 11.6 Å². The van der Waals surface area contributed by atoms with Crippen molar-refractivity contribution in [3.05, 3.63) is 71.3 Å². The van der Waals surface area contributed by atoms with Crippen molar-refractivity contribution in [3.63, 3.8) is 0 Å². The predicted molar refractivity (Wildman–Crippen MR) is 87.9 cm³/mol. The molecule has 5 heteroatoms. The van der Waals surface area contributed by atoms with E-state index in [0.717, 1.165) is 5.56 Å². The van der Waals surface area contributed by atoms with Crippen molar-refractivity contribution in [1.82, 2.24) is 10.9 Å². The first-order valence-corrected chi connectivity index (χ1v) is 7.49. The number of carbonyl (C=O) groups is 2. The van der Waals surface area contributed by atoms with Crippen LogP contribution in [0.2, 0.25) is 0 Å². The van der Waals surface area contributed by atoms with Crippen LogP contribution in [0.3, 0.4) is 0 Å². The molecule has 0 radical (unpaired) electrons. The molecule has 0 aliphatic rings. The molecule has 2 aromatic carbocycles. The molecule has 0 aliphatic carbocycles. The lowest BCUT2D eigenvalue weighted by molar-refractivity contribution is 0.0526. The minimum atomic E-state index is -0.336. The Morgan fingerprint density at radius 2 is 1.65 bits per heavy atom. The van der Waals surface area contributed by atoms with E-state index in [4.69, 9.17) is 4.74 Å². The maximum absolute atomic E-state index is 12.0. The predicted octanol–water partition coefficient (Wildman–Crippen LogP) is 2.86. The molecule has 1 unspecified atom stereocenters. The summed E-state index contributed by atoms with van der Waals surface area (Å²) < 4.78 is 4.94. The zero-order valence-corrected chi connectivity index (χ0v) is 13.2. The molecule has 2 rings (SSSR count). The van der Waals surface area contributed by atoms with Crippen molar-refractivity contribution < 1.29 is 14.3 Å². The van der Waals surface area contributed by atoms with Crippen LogP contribution in [0.5, 0.6) is 0 Å². The summed E-state index contributed by atoms with van der Waals surface area (Å²) in [6.07, 6.45) is 0. The highest BCUT2D eigenvalue weighted by Gasteiger charge is 2.10. The zero-order chi connectivity index (χ0) is 16.7. The van der Waals surface area contributed by atoms with Gasteiger partial charge in [-0.2, -0.15) is 0 Å². The number of hydrogen-bond donors (Lipinski definition) is 2. The first-order chi connectivity index (χ1) is 11.1. The van der Waals surface area contributed by atoms with Gasteiger partial charge in [0.25, 0.3) is 5.91 Å². The van der Waals surface area contributed by atoms with Gasteiger partial charge in [-0.05, 0) is 43.7 Å². The molecule has 0 fully saturated rings. The van der Waals surface area contributed by atoms with Crippen LogP contribution < -0.4 is 10.9 Å². The van der Waals surface area contributed by atoms with Crippen molar-refractivity contribution in [1.29, 1.82) is 0 Å². The average molecular weight is 312 g/mol. The Labute approximate surface area is 135 Å². The quantitative estimate of drug-likeness (QED) is 0.636. The number of benzene rings is 2. The van der Waals surface area contributed by atoms with Crippen molar-refractivity contribution in [2.75, 3.05) is 6.61 Å². The van der Waals surface area contributed by atoms with Crippen LogP contribution in [-0.4, -0.2) is 18.5 Å². The molecule has 2 N–H and O–H groups in total. The minimum Gasteiger partial charge on any atom is -0.462 e. The summed E-state index contributed by atoms with van der Waals surface area (Å²) in [5, 5.41) is 0. The Morgan fingerprint density at radius 1 is 1.00 bits per heavy atom. The van der Waals surface area contributed by atoms with Crippen LogP contribution in [0.4, 0.5) is 0 Å². The van der Waals surface area contributed by atoms with E-state index in [9.17, 15) is 9.59 Å². The van der Waals surface area contributed by atoms with Gasteiger partial charge in [0.15, 0.2) is 0 Å². The Balaban J connectivity index is 1.92. The lowest BCUT2D eigenvalue weighted by atomic mass is 10.1. The third kappa shape index (κ3) is 4.66. The molecule has 0 bridgehead atoms. The molecule has 0 aromatic heterocycles. The summed E-state index contributed by atoms with van der Waals surface area (Å²) in [4.78, 5) is 23.6. The van der Waals surface area contributed by atoms with Crippen LogP contribution in [0.15, 0.2) is 54.6 Å². The van der Waals surface area contributed by atoms with Gasteiger partial charge in [0.1, 0.15) is 0 Å². The highest BCUT2D eigenvalue weighted by Crippen LogP contribution is 2.13. The number of nitrogens with one attached hydrogen (secondary N) is 2. The molecule has 1 atom stereocenters. The fourth-order valence-electron chi connectivity index (χ4n) is 2.04. The van der Waals surface area contributed by atoms with E-state index < -0.39 is 0 Å². The molecular weight excluding hydrogens is 292 g/mol. The highest BCUT2D eigenvalue weighted by atomic mass is 16.5. The van der Waals surface area contributed by atoms with E-state index in [0.29, 0.717) is 17.7 Å². The first-order valence-electron chi connectivity index (χ1n) is 7.49. The molecular formula is C18H20N2O3. The summed E-state index contributed by atoms with van der Waals surface area (Å²) in [6, 6.07) is 16.0. The highest BCUT2D eigenvalue weighted by molar-refractivity contribution is 5.93. The van der Waals surface area contributed by atoms with Gasteiger partial charge < -0.3 is 4.74 Å².